The summed E-state index contributed by atoms with van der Waals surface area (Å²) >= 11 is 0. The quantitative estimate of drug-likeness (QED) is 0.538. The van der Waals surface area contributed by atoms with Crippen molar-refractivity contribution in [3.63, 3.8) is 0 Å². The van der Waals surface area contributed by atoms with E-state index in [9.17, 15) is 4.79 Å². The Morgan fingerprint density at radius 1 is 1.60 bits per heavy atom. The van der Waals surface area contributed by atoms with Gasteiger partial charge in [0.15, 0.2) is 5.78 Å². The third-order valence-corrected chi connectivity index (χ3v) is 2.73. The molecule has 1 heteroatoms. The third kappa shape index (κ3) is 0.731. The highest BCUT2D eigenvalue weighted by atomic mass is 16.1. The minimum atomic E-state index is 0.298. The molecule has 2 rings (SSSR count). The first kappa shape index (κ1) is 6.14. The van der Waals surface area contributed by atoms with Gasteiger partial charge in [0, 0.05) is 0 Å². The van der Waals surface area contributed by atoms with Gasteiger partial charge >= 0.3 is 0 Å². The van der Waals surface area contributed by atoms with Crippen molar-refractivity contribution in [2.24, 2.45) is 11.8 Å². The lowest BCUT2D eigenvalue weighted by molar-refractivity contribution is -0.114. The first-order valence-electron chi connectivity index (χ1n) is 4.00. The van der Waals surface area contributed by atoms with Gasteiger partial charge in [0.1, 0.15) is 0 Å². The second-order valence-corrected chi connectivity index (χ2v) is 3.45. The summed E-state index contributed by atoms with van der Waals surface area (Å²) in [5.41, 5.74) is 1.12. The summed E-state index contributed by atoms with van der Waals surface area (Å²) in [5.74, 6) is 1.69. The molecule has 2 aliphatic carbocycles. The van der Waals surface area contributed by atoms with Crippen LogP contribution in [0.15, 0.2) is 11.6 Å². The van der Waals surface area contributed by atoms with Crippen molar-refractivity contribution in [2.45, 2.75) is 26.2 Å². The number of carbonyl (C=O) groups is 1. The summed E-state index contributed by atoms with van der Waals surface area (Å²) in [7, 11) is 0. The van der Waals surface area contributed by atoms with Gasteiger partial charge in [0.25, 0.3) is 0 Å². The van der Waals surface area contributed by atoms with Gasteiger partial charge in [-0.15, -0.1) is 0 Å². The number of hydrogen-bond acceptors (Lipinski definition) is 1. The Morgan fingerprint density at radius 3 is 2.70 bits per heavy atom. The zero-order chi connectivity index (χ0) is 7.14. The fourth-order valence-corrected chi connectivity index (χ4v) is 2.25. The molecular formula is C9H12O. The molecule has 0 radical (unpaired) electrons. The second-order valence-electron chi connectivity index (χ2n) is 3.45. The van der Waals surface area contributed by atoms with Gasteiger partial charge in [-0.2, -0.15) is 0 Å². The molecule has 0 spiro atoms. The predicted octanol–water partition coefficient (Wildman–Crippen LogP) is 1.93. The first-order valence-corrected chi connectivity index (χ1v) is 4.00. The molecule has 2 atom stereocenters. The van der Waals surface area contributed by atoms with Crippen LogP contribution in [0.2, 0.25) is 0 Å². The van der Waals surface area contributed by atoms with E-state index in [-0.39, 0.29) is 0 Å². The van der Waals surface area contributed by atoms with Gasteiger partial charge in [0.2, 0.25) is 0 Å². The van der Waals surface area contributed by atoms with Crippen molar-refractivity contribution in [3.05, 3.63) is 11.6 Å². The molecule has 2 bridgehead atoms. The molecule has 0 aromatic rings. The number of Topliss-reactive ketones (excluding diaryl/α,β-unsaturated/α-hetero) is 1. The summed E-state index contributed by atoms with van der Waals surface area (Å²) in [6.07, 6.45) is 6.03. The van der Waals surface area contributed by atoms with Crippen molar-refractivity contribution < 1.29 is 4.79 Å². The Kier molecular flexibility index (Phi) is 1.19. The van der Waals surface area contributed by atoms with Crippen LogP contribution in [-0.2, 0) is 4.79 Å². The summed E-state index contributed by atoms with van der Waals surface area (Å²) in [4.78, 5) is 11.0. The van der Waals surface area contributed by atoms with Gasteiger partial charge in [-0.05, 0) is 43.6 Å². The fraction of sp³-hybridized carbons (Fsp3) is 0.667. The second kappa shape index (κ2) is 1.94. The summed E-state index contributed by atoms with van der Waals surface area (Å²) in [6.45, 7) is 1.69. The van der Waals surface area contributed by atoms with E-state index in [1.807, 2.05) is 0 Å². The van der Waals surface area contributed by atoms with Gasteiger partial charge in [0.05, 0.1) is 0 Å². The largest absolute Gasteiger partial charge is 0.295 e. The summed E-state index contributed by atoms with van der Waals surface area (Å²) in [6, 6.07) is 0. The molecular weight excluding hydrogens is 124 g/mol. The highest BCUT2D eigenvalue weighted by molar-refractivity contribution is 5.94. The zero-order valence-corrected chi connectivity index (χ0v) is 6.26. The van der Waals surface area contributed by atoms with E-state index in [1.165, 1.54) is 19.3 Å². The van der Waals surface area contributed by atoms with Gasteiger partial charge in [-0.3, -0.25) is 4.79 Å². The first-order chi connectivity index (χ1) is 4.77. The van der Waals surface area contributed by atoms with Crippen LogP contribution in [0.1, 0.15) is 26.2 Å². The maximum atomic E-state index is 11.0. The van der Waals surface area contributed by atoms with E-state index < -0.39 is 0 Å². The van der Waals surface area contributed by atoms with Gasteiger partial charge in [-0.25, -0.2) is 0 Å². The zero-order valence-electron chi connectivity index (χ0n) is 6.26. The topological polar surface area (TPSA) is 17.1 Å². The fourth-order valence-electron chi connectivity index (χ4n) is 2.25. The summed E-state index contributed by atoms with van der Waals surface area (Å²) < 4.78 is 0. The van der Waals surface area contributed by atoms with Crippen LogP contribution < -0.4 is 0 Å². The predicted molar refractivity (Wildman–Crippen MR) is 39.6 cm³/mol. The maximum Gasteiger partial charge on any atom is 0.155 e. The lowest BCUT2D eigenvalue weighted by atomic mass is 9.96. The van der Waals surface area contributed by atoms with E-state index in [0.29, 0.717) is 11.7 Å². The normalized spacial score (nSPS) is 36.3. The van der Waals surface area contributed by atoms with Crippen LogP contribution in [0.3, 0.4) is 0 Å². The Balaban J connectivity index is 2.25. The molecule has 0 aromatic heterocycles. The molecule has 0 aliphatic heterocycles. The molecule has 1 nitrogen and oxygen atoms in total. The Morgan fingerprint density at radius 2 is 2.40 bits per heavy atom. The van der Waals surface area contributed by atoms with Crippen LogP contribution in [-0.4, -0.2) is 5.78 Å². The summed E-state index contributed by atoms with van der Waals surface area (Å²) in [5, 5.41) is 0. The average molecular weight is 136 g/mol. The van der Waals surface area contributed by atoms with Gasteiger partial charge in [-0.1, -0.05) is 6.08 Å². The Hall–Kier alpha value is -0.590. The van der Waals surface area contributed by atoms with Crippen molar-refractivity contribution in [3.8, 4) is 0 Å². The number of fused-ring (bicyclic) bond motifs is 2. The van der Waals surface area contributed by atoms with E-state index in [4.69, 9.17) is 0 Å². The number of rotatable bonds is 1. The monoisotopic (exact) mass is 136 g/mol. The smallest absolute Gasteiger partial charge is 0.155 e. The van der Waals surface area contributed by atoms with E-state index in [2.05, 4.69) is 6.08 Å². The van der Waals surface area contributed by atoms with Crippen LogP contribution in [0.4, 0.5) is 0 Å². The lowest BCUT2D eigenvalue weighted by Crippen LogP contribution is -2.05. The highest BCUT2D eigenvalue weighted by Gasteiger charge is 2.34. The molecule has 0 heterocycles. The molecule has 54 valence electrons. The molecule has 1 fully saturated rings. The Bertz CT molecular complexity index is 203. The third-order valence-electron chi connectivity index (χ3n) is 2.73. The molecule has 2 aliphatic rings. The van der Waals surface area contributed by atoms with Crippen LogP contribution in [0.25, 0.3) is 0 Å². The molecule has 0 amide bonds. The number of hydrogen-bond donors (Lipinski definition) is 0. The number of carbonyl (C=O) groups excluding carboxylic acids is 1. The van der Waals surface area contributed by atoms with Crippen LogP contribution in [0, 0.1) is 11.8 Å². The van der Waals surface area contributed by atoms with E-state index >= 15 is 0 Å². The van der Waals surface area contributed by atoms with Crippen molar-refractivity contribution in [2.75, 3.05) is 0 Å². The highest BCUT2D eigenvalue weighted by Crippen LogP contribution is 2.43. The minimum Gasteiger partial charge on any atom is -0.295 e. The van der Waals surface area contributed by atoms with Crippen LogP contribution in [0.5, 0.6) is 0 Å². The Labute approximate surface area is 61.1 Å². The number of ketones is 1. The van der Waals surface area contributed by atoms with E-state index in [0.717, 1.165) is 11.5 Å². The lowest BCUT2D eigenvalue weighted by Gasteiger charge is -2.08. The standard InChI is InChI=1S/C9H12O/c1-6(10)9-5-7-2-3-8(9)4-7/h5,7-8H,2-4H2,1H3/t7-,8+/m0/s1. The SMILES string of the molecule is CC(=O)C1=C[C@H]2CC[C@@H]1C2. The maximum absolute atomic E-state index is 11.0. The molecule has 0 aromatic carbocycles. The average Bonchev–Trinajstić information content (AvgIpc) is 2.44. The molecule has 0 N–H and O–H groups in total. The number of allylic oxidation sites excluding steroid dienone is 2. The molecule has 0 unspecified atom stereocenters. The molecule has 0 saturated heterocycles. The molecule has 1 saturated carbocycles. The van der Waals surface area contributed by atoms with Gasteiger partial charge < -0.3 is 0 Å². The molecule has 10 heavy (non-hydrogen) atoms. The van der Waals surface area contributed by atoms with Crippen molar-refractivity contribution >= 4 is 5.78 Å². The van der Waals surface area contributed by atoms with Crippen molar-refractivity contribution in [1.29, 1.82) is 0 Å². The van der Waals surface area contributed by atoms with E-state index in [1.54, 1.807) is 6.92 Å². The van der Waals surface area contributed by atoms with Crippen LogP contribution >= 0.6 is 0 Å². The minimum absolute atomic E-state index is 0.298. The van der Waals surface area contributed by atoms with Crippen molar-refractivity contribution in [1.82, 2.24) is 0 Å².